The summed E-state index contributed by atoms with van der Waals surface area (Å²) < 4.78 is 10.4. The van der Waals surface area contributed by atoms with E-state index in [1.165, 1.54) is 12.4 Å². The van der Waals surface area contributed by atoms with Gasteiger partial charge in [-0.05, 0) is 0 Å². The van der Waals surface area contributed by atoms with E-state index in [-0.39, 0.29) is 13.2 Å². The molecule has 0 radical (unpaired) electrons. The molecule has 0 aromatic carbocycles. The zero-order chi connectivity index (χ0) is 9.86. The van der Waals surface area contributed by atoms with Gasteiger partial charge in [-0.25, -0.2) is 0 Å². The molecule has 0 aliphatic carbocycles. The van der Waals surface area contributed by atoms with Gasteiger partial charge in [-0.3, -0.25) is 9.97 Å². The van der Waals surface area contributed by atoms with Gasteiger partial charge in [-0.15, -0.1) is 0 Å². The molecule has 0 atom stereocenters. The molecule has 1 fully saturated rings. The van der Waals surface area contributed by atoms with E-state index in [4.69, 9.17) is 9.47 Å². The summed E-state index contributed by atoms with van der Waals surface area (Å²) in [5, 5.41) is 10.2. The van der Waals surface area contributed by atoms with Gasteiger partial charge >= 0.3 is 0 Å². The number of aliphatic hydroxyl groups is 1. The third-order valence-electron chi connectivity index (χ3n) is 2.09. The maximum Gasteiger partial charge on any atom is 0.154 e. The van der Waals surface area contributed by atoms with Gasteiger partial charge in [0.25, 0.3) is 0 Å². The molecule has 2 heterocycles. The molecule has 5 heteroatoms. The van der Waals surface area contributed by atoms with E-state index in [0.29, 0.717) is 18.9 Å². The highest BCUT2D eigenvalue weighted by molar-refractivity contribution is 5.08. The first kappa shape index (κ1) is 9.51. The molecule has 1 aromatic heterocycles. The van der Waals surface area contributed by atoms with Crippen molar-refractivity contribution in [1.82, 2.24) is 9.97 Å². The van der Waals surface area contributed by atoms with Crippen molar-refractivity contribution in [2.45, 2.75) is 5.60 Å². The highest BCUT2D eigenvalue weighted by Gasteiger charge is 2.33. The Balaban J connectivity index is 2.21. The minimum atomic E-state index is -1.16. The average molecular weight is 196 g/mol. The Bertz CT molecular complexity index is 283. The van der Waals surface area contributed by atoms with Gasteiger partial charge in [-0.2, -0.15) is 0 Å². The largest absolute Gasteiger partial charge is 0.379 e. The third-order valence-corrected chi connectivity index (χ3v) is 2.09. The second-order valence-corrected chi connectivity index (χ2v) is 3.23. The molecule has 0 saturated carbocycles. The van der Waals surface area contributed by atoms with Crippen molar-refractivity contribution in [3.63, 3.8) is 0 Å². The molecule has 1 saturated heterocycles. The Morgan fingerprint density at radius 1 is 1.21 bits per heavy atom. The van der Waals surface area contributed by atoms with E-state index < -0.39 is 5.60 Å². The van der Waals surface area contributed by atoms with Crippen LogP contribution in [0.4, 0.5) is 0 Å². The first-order valence-electron chi connectivity index (χ1n) is 4.46. The monoisotopic (exact) mass is 196 g/mol. The predicted molar refractivity (Wildman–Crippen MR) is 47.6 cm³/mol. The Hall–Kier alpha value is -1.04. The summed E-state index contributed by atoms with van der Waals surface area (Å²) in [6.07, 6.45) is 4.63. The molecule has 2 rings (SSSR count). The summed E-state index contributed by atoms with van der Waals surface area (Å²) in [6.45, 7) is 1.41. The van der Waals surface area contributed by atoms with Crippen LogP contribution in [0.15, 0.2) is 18.6 Å². The summed E-state index contributed by atoms with van der Waals surface area (Å²) in [5.41, 5.74) is -0.674. The molecule has 0 unspecified atom stereocenters. The smallest absolute Gasteiger partial charge is 0.154 e. The topological polar surface area (TPSA) is 64.5 Å². The average Bonchev–Trinajstić information content (AvgIpc) is 2.46. The summed E-state index contributed by atoms with van der Waals surface area (Å²) in [6, 6.07) is 0. The van der Waals surface area contributed by atoms with E-state index in [9.17, 15) is 5.11 Å². The van der Waals surface area contributed by atoms with Crippen molar-refractivity contribution >= 4 is 0 Å². The molecular weight excluding hydrogens is 184 g/mol. The Morgan fingerprint density at radius 2 is 1.93 bits per heavy atom. The number of ether oxygens (including phenoxy) is 2. The van der Waals surface area contributed by atoms with Crippen molar-refractivity contribution in [2.24, 2.45) is 0 Å². The molecule has 76 valence electrons. The number of aromatic nitrogens is 2. The molecule has 14 heavy (non-hydrogen) atoms. The van der Waals surface area contributed by atoms with E-state index in [2.05, 4.69) is 9.97 Å². The van der Waals surface area contributed by atoms with Gasteiger partial charge < -0.3 is 14.6 Å². The lowest BCUT2D eigenvalue weighted by Gasteiger charge is -2.23. The Kier molecular flexibility index (Phi) is 2.72. The highest BCUT2D eigenvalue weighted by atomic mass is 16.6. The van der Waals surface area contributed by atoms with E-state index in [1.54, 1.807) is 6.20 Å². The van der Waals surface area contributed by atoms with Gasteiger partial charge in [0, 0.05) is 12.4 Å². The van der Waals surface area contributed by atoms with Crippen LogP contribution >= 0.6 is 0 Å². The zero-order valence-electron chi connectivity index (χ0n) is 7.72. The van der Waals surface area contributed by atoms with Crippen LogP contribution in [0, 0.1) is 0 Å². The third kappa shape index (κ3) is 1.89. The SMILES string of the molecule is OC1(c2cnccn2)COCCOC1. The van der Waals surface area contributed by atoms with Crippen LogP contribution in [0.2, 0.25) is 0 Å². The van der Waals surface area contributed by atoms with E-state index >= 15 is 0 Å². The van der Waals surface area contributed by atoms with Crippen molar-refractivity contribution in [3.8, 4) is 0 Å². The normalized spacial score (nSPS) is 21.5. The number of rotatable bonds is 1. The summed E-state index contributed by atoms with van der Waals surface area (Å²) >= 11 is 0. The summed E-state index contributed by atoms with van der Waals surface area (Å²) in [7, 11) is 0. The van der Waals surface area contributed by atoms with Gasteiger partial charge in [-0.1, -0.05) is 0 Å². The maximum absolute atomic E-state index is 10.2. The van der Waals surface area contributed by atoms with Crippen LogP contribution in [0.5, 0.6) is 0 Å². The molecular formula is C9H12N2O3. The lowest BCUT2D eigenvalue weighted by molar-refractivity contribution is -0.0632. The van der Waals surface area contributed by atoms with Crippen LogP contribution in [-0.2, 0) is 15.1 Å². The standard InChI is InChI=1S/C9H12N2O3/c12-9(6-13-3-4-14-7-9)8-5-10-1-2-11-8/h1-2,5,12H,3-4,6-7H2. The minimum Gasteiger partial charge on any atom is -0.379 e. The molecule has 5 nitrogen and oxygen atoms in total. The zero-order valence-corrected chi connectivity index (χ0v) is 7.72. The Morgan fingerprint density at radius 3 is 2.50 bits per heavy atom. The highest BCUT2D eigenvalue weighted by Crippen LogP contribution is 2.20. The van der Waals surface area contributed by atoms with Crippen molar-refractivity contribution in [1.29, 1.82) is 0 Å². The summed E-state index contributed by atoms with van der Waals surface area (Å²) in [4.78, 5) is 7.95. The second kappa shape index (κ2) is 4.00. The fourth-order valence-corrected chi connectivity index (χ4v) is 1.33. The number of hydrogen-bond donors (Lipinski definition) is 1. The molecule has 0 bridgehead atoms. The Labute approximate surface area is 81.7 Å². The van der Waals surface area contributed by atoms with Crippen LogP contribution in [0.25, 0.3) is 0 Å². The number of nitrogens with zero attached hydrogens (tertiary/aromatic N) is 2. The number of hydrogen-bond acceptors (Lipinski definition) is 5. The van der Waals surface area contributed by atoms with Crippen LogP contribution in [-0.4, -0.2) is 41.5 Å². The summed E-state index contributed by atoms with van der Waals surface area (Å²) in [5.74, 6) is 0. The minimum absolute atomic E-state index is 0.200. The molecule has 0 amide bonds. The fourth-order valence-electron chi connectivity index (χ4n) is 1.33. The molecule has 1 N–H and O–H groups in total. The van der Waals surface area contributed by atoms with Crippen LogP contribution < -0.4 is 0 Å². The van der Waals surface area contributed by atoms with Crippen LogP contribution in [0.1, 0.15) is 5.69 Å². The van der Waals surface area contributed by atoms with Crippen molar-refractivity contribution in [2.75, 3.05) is 26.4 Å². The van der Waals surface area contributed by atoms with Gasteiger partial charge in [0.2, 0.25) is 0 Å². The lowest BCUT2D eigenvalue weighted by Crippen LogP contribution is -2.36. The first-order chi connectivity index (χ1) is 6.81. The van der Waals surface area contributed by atoms with Crippen LogP contribution in [0.3, 0.4) is 0 Å². The van der Waals surface area contributed by atoms with E-state index in [1.807, 2.05) is 0 Å². The lowest BCUT2D eigenvalue weighted by atomic mass is 10.0. The second-order valence-electron chi connectivity index (χ2n) is 3.23. The molecule has 1 aromatic rings. The maximum atomic E-state index is 10.2. The van der Waals surface area contributed by atoms with Crippen molar-refractivity contribution in [3.05, 3.63) is 24.3 Å². The van der Waals surface area contributed by atoms with Crippen molar-refractivity contribution < 1.29 is 14.6 Å². The first-order valence-corrected chi connectivity index (χ1v) is 4.46. The molecule has 1 aliphatic heterocycles. The molecule has 0 spiro atoms. The predicted octanol–water partition coefficient (Wildman–Crippen LogP) is -0.289. The fraction of sp³-hybridized carbons (Fsp3) is 0.556. The quantitative estimate of drug-likeness (QED) is 0.668. The molecule has 1 aliphatic rings. The van der Waals surface area contributed by atoms with E-state index in [0.717, 1.165) is 0 Å². The van der Waals surface area contributed by atoms with Gasteiger partial charge in [0.05, 0.1) is 38.3 Å². The van der Waals surface area contributed by atoms with Gasteiger partial charge in [0.1, 0.15) is 0 Å². The van der Waals surface area contributed by atoms with Gasteiger partial charge in [0.15, 0.2) is 5.60 Å².